The van der Waals surface area contributed by atoms with Gasteiger partial charge < -0.3 is 9.84 Å². The molecule has 21 heavy (non-hydrogen) atoms. The molecule has 1 aromatic carbocycles. The molecule has 1 N–H and O–H groups in total. The first kappa shape index (κ1) is 12.7. The average Bonchev–Trinajstić information content (AvgIpc) is 2.96. The number of hydrogen-bond donors (Lipinski definition) is 1. The summed E-state index contributed by atoms with van der Waals surface area (Å²) >= 11 is 0. The molecule has 0 aliphatic heterocycles. The van der Waals surface area contributed by atoms with Crippen molar-refractivity contribution < 1.29 is 14.6 Å². The monoisotopic (exact) mass is 283 g/mol. The number of aromatic nitrogens is 5. The van der Waals surface area contributed by atoms with E-state index in [0.29, 0.717) is 5.69 Å². The normalized spacial score (nSPS) is 10.3. The van der Waals surface area contributed by atoms with Gasteiger partial charge in [-0.25, -0.2) is 9.78 Å². The van der Waals surface area contributed by atoms with Crippen molar-refractivity contribution in [3.05, 3.63) is 54.4 Å². The Hall–Kier alpha value is -3.29. The zero-order chi connectivity index (χ0) is 14.7. The van der Waals surface area contributed by atoms with Gasteiger partial charge >= 0.3 is 12.0 Å². The number of rotatable bonds is 4. The third-order valence-corrected chi connectivity index (χ3v) is 2.62. The molecule has 0 aliphatic carbocycles. The lowest BCUT2D eigenvalue weighted by atomic mass is 10.3. The number of carbonyl (C=O) groups is 1. The van der Waals surface area contributed by atoms with E-state index in [2.05, 4.69) is 20.5 Å². The van der Waals surface area contributed by atoms with Gasteiger partial charge in [-0.1, -0.05) is 23.3 Å². The summed E-state index contributed by atoms with van der Waals surface area (Å²) < 4.78 is 6.84. The summed E-state index contributed by atoms with van der Waals surface area (Å²) in [6.07, 6.45) is 1.37. The summed E-state index contributed by atoms with van der Waals surface area (Å²) in [6.45, 7) is 0. The molecule has 3 aromatic rings. The zero-order valence-electron chi connectivity index (χ0n) is 10.6. The molecule has 0 atom stereocenters. The van der Waals surface area contributed by atoms with Crippen LogP contribution in [0.15, 0.2) is 48.7 Å². The van der Waals surface area contributed by atoms with E-state index in [1.807, 2.05) is 18.2 Å². The second kappa shape index (κ2) is 5.37. The van der Waals surface area contributed by atoms with Gasteiger partial charge in [-0.2, -0.15) is 4.68 Å². The molecule has 0 aliphatic rings. The number of nitrogens with zero attached hydrogens (tertiary/aromatic N) is 5. The summed E-state index contributed by atoms with van der Waals surface area (Å²) in [6, 6.07) is 12.2. The van der Waals surface area contributed by atoms with Crippen molar-refractivity contribution in [2.45, 2.75) is 0 Å². The van der Waals surface area contributed by atoms with Gasteiger partial charge in [0.15, 0.2) is 11.4 Å². The molecule has 0 amide bonds. The topological polar surface area (TPSA) is 103 Å². The van der Waals surface area contributed by atoms with Gasteiger partial charge in [-0.15, -0.1) is 0 Å². The van der Waals surface area contributed by atoms with E-state index in [4.69, 9.17) is 9.84 Å². The minimum atomic E-state index is -1.19. The van der Waals surface area contributed by atoms with Gasteiger partial charge in [0.25, 0.3) is 0 Å². The maximum Gasteiger partial charge on any atom is 0.358 e. The maximum absolute atomic E-state index is 11.1. The average molecular weight is 283 g/mol. The third kappa shape index (κ3) is 2.54. The van der Waals surface area contributed by atoms with Crippen LogP contribution in [0.1, 0.15) is 10.5 Å². The van der Waals surface area contributed by atoms with Crippen LogP contribution in [0.3, 0.4) is 0 Å². The summed E-state index contributed by atoms with van der Waals surface area (Å²) in [5.41, 5.74) is 0.485. The van der Waals surface area contributed by atoms with E-state index >= 15 is 0 Å². The Balaban J connectivity index is 1.98. The molecule has 0 unspecified atom stereocenters. The number of tetrazole rings is 1. The number of benzene rings is 1. The van der Waals surface area contributed by atoms with Crippen molar-refractivity contribution in [2.24, 2.45) is 0 Å². The number of carboxylic acids is 1. The molecule has 8 heteroatoms. The van der Waals surface area contributed by atoms with E-state index in [9.17, 15) is 4.79 Å². The fourth-order valence-electron chi connectivity index (χ4n) is 1.71. The molecular formula is C13H9N5O3. The van der Waals surface area contributed by atoms with Crippen LogP contribution in [0, 0.1) is 0 Å². The lowest BCUT2D eigenvalue weighted by Crippen LogP contribution is -2.05. The number of carboxylic acid groups (broad SMARTS) is 1. The van der Waals surface area contributed by atoms with E-state index in [1.165, 1.54) is 16.9 Å². The lowest BCUT2D eigenvalue weighted by Gasteiger charge is -2.07. The summed E-state index contributed by atoms with van der Waals surface area (Å²) in [7, 11) is 0. The number of para-hydroxylation sites is 1. The summed E-state index contributed by atoms with van der Waals surface area (Å²) in [5, 5.41) is 20.2. The van der Waals surface area contributed by atoms with E-state index in [0.717, 1.165) is 0 Å². The number of pyridine rings is 1. The second-order valence-electron chi connectivity index (χ2n) is 3.97. The predicted octanol–water partition coefficient (Wildman–Crippen LogP) is 1.55. The molecule has 0 fully saturated rings. The highest BCUT2D eigenvalue weighted by atomic mass is 16.5. The van der Waals surface area contributed by atoms with Crippen molar-refractivity contribution in [3.8, 4) is 17.4 Å². The van der Waals surface area contributed by atoms with Crippen molar-refractivity contribution in [2.75, 3.05) is 0 Å². The molecule has 2 heterocycles. The Labute approximate surface area is 118 Å². The van der Waals surface area contributed by atoms with Gasteiger partial charge in [-0.3, -0.25) is 0 Å². The van der Waals surface area contributed by atoms with Crippen molar-refractivity contribution in [1.29, 1.82) is 0 Å². The van der Waals surface area contributed by atoms with Gasteiger partial charge in [0.2, 0.25) is 0 Å². The Morgan fingerprint density at radius 3 is 2.71 bits per heavy atom. The molecule has 0 spiro atoms. The standard InChI is InChI=1S/C13H9N5O3/c19-12(20)11-10(7-4-8-14-11)21-13-15-16-17-18(13)9-5-2-1-3-6-9/h1-8H,(H,19,20). The predicted molar refractivity (Wildman–Crippen MR) is 70.4 cm³/mol. The van der Waals surface area contributed by atoms with Crippen LogP contribution in [-0.2, 0) is 0 Å². The minimum absolute atomic E-state index is 0.0525. The lowest BCUT2D eigenvalue weighted by molar-refractivity contribution is 0.0687. The van der Waals surface area contributed by atoms with Crippen LogP contribution in [0.5, 0.6) is 11.8 Å². The van der Waals surface area contributed by atoms with Crippen molar-refractivity contribution in [3.63, 3.8) is 0 Å². The highest BCUT2D eigenvalue weighted by Crippen LogP contribution is 2.23. The molecule has 3 rings (SSSR count). The summed E-state index contributed by atoms with van der Waals surface area (Å²) in [5.74, 6) is -1.12. The molecule has 0 bridgehead atoms. The molecule has 8 nitrogen and oxygen atoms in total. The third-order valence-electron chi connectivity index (χ3n) is 2.62. The molecular weight excluding hydrogens is 274 g/mol. The molecule has 0 saturated heterocycles. The zero-order valence-corrected chi connectivity index (χ0v) is 10.6. The Bertz CT molecular complexity index is 772. The van der Waals surface area contributed by atoms with Crippen LogP contribution in [0.2, 0.25) is 0 Å². The van der Waals surface area contributed by atoms with Gasteiger partial charge in [0, 0.05) is 6.20 Å². The molecule has 2 aromatic heterocycles. The van der Waals surface area contributed by atoms with Crippen LogP contribution in [0.4, 0.5) is 0 Å². The maximum atomic E-state index is 11.1. The molecule has 0 saturated carbocycles. The van der Waals surface area contributed by atoms with Crippen LogP contribution >= 0.6 is 0 Å². The Morgan fingerprint density at radius 1 is 1.14 bits per heavy atom. The number of hydrogen-bond acceptors (Lipinski definition) is 6. The van der Waals surface area contributed by atoms with E-state index < -0.39 is 5.97 Å². The molecule has 0 radical (unpaired) electrons. The summed E-state index contributed by atoms with van der Waals surface area (Å²) in [4.78, 5) is 14.9. The quantitative estimate of drug-likeness (QED) is 0.774. The molecule has 104 valence electrons. The van der Waals surface area contributed by atoms with E-state index in [-0.39, 0.29) is 17.5 Å². The first-order valence-electron chi connectivity index (χ1n) is 5.95. The highest BCUT2D eigenvalue weighted by molar-refractivity contribution is 5.88. The minimum Gasteiger partial charge on any atom is -0.476 e. The smallest absolute Gasteiger partial charge is 0.358 e. The van der Waals surface area contributed by atoms with Gasteiger partial charge in [0.1, 0.15) is 0 Å². The van der Waals surface area contributed by atoms with Crippen molar-refractivity contribution in [1.82, 2.24) is 25.2 Å². The van der Waals surface area contributed by atoms with Crippen LogP contribution in [-0.4, -0.2) is 36.3 Å². The van der Waals surface area contributed by atoms with Gasteiger partial charge in [0.05, 0.1) is 5.69 Å². The fourth-order valence-corrected chi connectivity index (χ4v) is 1.71. The first-order chi connectivity index (χ1) is 10.3. The van der Waals surface area contributed by atoms with Crippen LogP contribution in [0.25, 0.3) is 5.69 Å². The van der Waals surface area contributed by atoms with Gasteiger partial charge in [-0.05, 0) is 34.7 Å². The highest BCUT2D eigenvalue weighted by Gasteiger charge is 2.17. The largest absolute Gasteiger partial charge is 0.476 e. The SMILES string of the molecule is O=C(O)c1ncccc1Oc1nnnn1-c1ccccc1. The first-order valence-corrected chi connectivity index (χ1v) is 5.95. The van der Waals surface area contributed by atoms with E-state index in [1.54, 1.807) is 18.2 Å². The number of ether oxygens (including phenoxy) is 1. The van der Waals surface area contributed by atoms with Crippen molar-refractivity contribution >= 4 is 5.97 Å². The van der Waals surface area contributed by atoms with Crippen LogP contribution < -0.4 is 4.74 Å². The Kier molecular flexibility index (Phi) is 3.26. The number of aromatic carboxylic acids is 1. The second-order valence-corrected chi connectivity index (χ2v) is 3.97. The fraction of sp³-hybridized carbons (Fsp3) is 0. The Morgan fingerprint density at radius 2 is 1.95 bits per heavy atom.